The Morgan fingerprint density at radius 1 is 1.45 bits per heavy atom. The van der Waals surface area contributed by atoms with Crippen LogP contribution in [0.5, 0.6) is 5.75 Å². The number of piperidine rings is 1. The summed E-state index contributed by atoms with van der Waals surface area (Å²) in [4.78, 5) is 4.90. The maximum atomic E-state index is 5.73. The third kappa shape index (κ3) is 4.69. The summed E-state index contributed by atoms with van der Waals surface area (Å²) in [7, 11) is 4.44. The van der Waals surface area contributed by atoms with Gasteiger partial charge in [0.2, 0.25) is 0 Å². The molecule has 0 aromatic heterocycles. The molecule has 1 aromatic carbocycles. The quantitative estimate of drug-likeness (QED) is 0.638. The van der Waals surface area contributed by atoms with Crippen LogP contribution in [-0.2, 0) is 0 Å². The Morgan fingerprint density at radius 2 is 2.30 bits per heavy atom. The molecule has 1 unspecified atom stereocenters. The summed E-state index contributed by atoms with van der Waals surface area (Å²) in [5, 5.41) is 0. The maximum absolute atomic E-state index is 5.73. The number of ether oxygens (including phenoxy) is 1. The lowest BCUT2D eigenvalue weighted by atomic mass is 10.1. The summed E-state index contributed by atoms with van der Waals surface area (Å²) in [5.74, 6) is 0.866. The molecule has 0 bridgehead atoms. The van der Waals surface area contributed by atoms with Crippen molar-refractivity contribution in [2.45, 2.75) is 25.3 Å². The van der Waals surface area contributed by atoms with E-state index in [2.05, 4.69) is 23.9 Å². The van der Waals surface area contributed by atoms with Crippen molar-refractivity contribution in [3.8, 4) is 5.75 Å². The van der Waals surface area contributed by atoms with Crippen molar-refractivity contribution >= 4 is 5.69 Å². The van der Waals surface area contributed by atoms with Gasteiger partial charge in [-0.1, -0.05) is 6.07 Å². The van der Waals surface area contributed by atoms with Crippen LogP contribution in [0, 0.1) is 0 Å². The fraction of sp³-hybridized carbons (Fsp3) is 0.625. The predicted octanol–water partition coefficient (Wildman–Crippen LogP) is 2.06. The molecule has 4 nitrogen and oxygen atoms in total. The minimum absolute atomic E-state index is 0.695. The molecule has 1 heterocycles. The van der Waals surface area contributed by atoms with Crippen LogP contribution < -0.4 is 10.5 Å². The van der Waals surface area contributed by atoms with Gasteiger partial charge in [-0.05, 0) is 52.0 Å². The fourth-order valence-electron chi connectivity index (χ4n) is 2.79. The molecular weight excluding hydrogens is 250 g/mol. The minimum atomic E-state index is 0.695. The third-order valence-electron chi connectivity index (χ3n) is 4.00. The van der Waals surface area contributed by atoms with Gasteiger partial charge in [-0.3, -0.25) is 0 Å². The highest BCUT2D eigenvalue weighted by Gasteiger charge is 2.20. The molecule has 1 aliphatic rings. The van der Waals surface area contributed by atoms with Crippen LogP contribution in [0.25, 0.3) is 0 Å². The van der Waals surface area contributed by atoms with E-state index in [1.54, 1.807) is 0 Å². The normalized spacial score (nSPS) is 20.2. The van der Waals surface area contributed by atoms with E-state index in [0.717, 1.165) is 31.0 Å². The Morgan fingerprint density at radius 3 is 3.05 bits per heavy atom. The van der Waals surface area contributed by atoms with Gasteiger partial charge < -0.3 is 20.3 Å². The highest BCUT2D eigenvalue weighted by molar-refractivity contribution is 5.43. The zero-order valence-electron chi connectivity index (χ0n) is 12.7. The SMILES string of the molecule is CN1CCCC(N(C)CCCOc2cccc(N)c2)C1. The topological polar surface area (TPSA) is 41.7 Å². The molecule has 2 N–H and O–H groups in total. The van der Waals surface area contributed by atoms with Crippen LogP contribution in [-0.4, -0.2) is 56.2 Å². The zero-order valence-corrected chi connectivity index (χ0v) is 12.7. The van der Waals surface area contributed by atoms with Crippen LogP contribution in [0.2, 0.25) is 0 Å². The van der Waals surface area contributed by atoms with Gasteiger partial charge in [0.1, 0.15) is 5.75 Å². The molecule has 1 aliphatic heterocycles. The van der Waals surface area contributed by atoms with E-state index in [0.29, 0.717) is 6.04 Å². The van der Waals surface area contributed by atoms with Gasteiger partial charge in [-0.2, -0.15) is 0 Å². The first-order valence-electron chi connectivity index (χ1n) is 7.52. The first kappa shape index (κ1) is 15.1. The predicted molar refractivity (Wildman–Crippen MR) is 84.1 cm³/mol. The van der Waals surface area contributed by atoms with Gasteiger partial charge in [-0.15, -0.1) is 0 Å². The number of hydrogen-bond donors (Lipinski definition) is 1. The van der Waals surface area contributed by atoms with E-state index in [4.69, 9.17) is 10.5 Å². The molecule has 20 heavy (non-hydrogen) atoms. The number of likely N-dealkylation sites (N-methyl/N-ethyl adjacent to an activating group) is 2. The second-order valence-electron chi connectivity index (χ2n) is 5.81. The lowest BCUT2D eigenvalue weighted by Crippen LogP contribution is -2.45. The molecule has 1 aromatic rings. The summed E-state index contributed by atoms with van der Waals surface area (Å²) in [6.07, 6.45) is 3.67. The summed E-state index contributed by atoms with van der Waals surface area (Å²) in [5.41, 5.74) is 6.48. The maximum Gasteiger partial charge on any atom is 0.121 e. The Labute approximate surface area is 122 Å². The Bertz CT molecular complexity index is 410. The number of benzene rings is 1. The molecule has 0 spiro atoms. The second-order valence-corrected chi connectivity index (χ2v) is 5.81. The third-order valence-corrected chi connectivity index (χ3v) is 4.00. The number of anilines is 1. The fourth-order valence-corrected chi connectivity index (χ4v) is 2.79. The van der Waals surface area contributed by atoms with Crippen molar-refractivity contribution in [1.29, 1.82) is 0 Å². The first-order valence-corrected chi connectivity index (χ1v) is 7.52. The van der Waals surface area contributed by atoms with Gasteiger partial charge in [0, 0.05) is 30.9 Å². The molecule has 2 rings (SSSR count). The van der Waals surface area contributed by atoms with Crippen molar-refractivity contribution in [2.75, 3.05) is 46.1 Å². The van der Waals surface area contributed by atoms with Gasteiger partial charge in [0.25, 0.3) is 0 Å². The van der Waals surface area contributed by atoms with Crippen LogP contribution in [0.3, 0.4) is 0 Å². The molecule has 0 radical (unpaired) electrons. The molecule has 0 amide bonds. The molecule has 1 saturated heterocycles. The smallest absolute Gasteiger partial charge is 0.121 e. The standard InChI is InChI=1S/C16H27N3O/c1-18-9-4-7-15(13-18)19(2)10-5-11-20-16-8-3-6-14(17)12-16/h3,6,8,12,15H,4-5,7,9-11,13,17H2,1-2H3. The molecular formula is C16H27N3O. The lowest BCUT2D eigenvalue weighted by Gasteiger charge is -2.35. The minimum Gasteiger partial charge on any atom is -0.493 e. The van der Waals surface area contributed by atoms with E-state index < -0.39 is 0 Å². The van der Waals surface area contributed by atoms with Crippen molar-refractivity contribution in [3.63, 3.8) is 0 Å². The number of nitrogens with two attached hydrogens (primary N) is 1. The molecule has 1 atom stereocenters. The summed E-state index contributed by atoms with van der Waals surface area (Å²) >= 11 is 0. The number of rotatable bonds is 6. The Kier molecular flexibility index (Phi) is 5.68. The Hall–Kier alpha value is -1.26. The zero-order chi connectivity index (χ0) is 14.4. The number of likely N-dealkylation sites (tertiary alicyclic amines) is 1. The monoisotopic (exact) mass is 277 g/mol. The average molecular weight is 277 g/mol. The average Bonchev–Trinajstić information content (AvgIpc) is 2.43. The van der Waals surface area contributed by atoms with Gasteiger partial charge >= 0.3 is 0 Å². The number of hydrogen-bond acceptors (Lipinski definition) is 4. The van der Waals surface area contributed by atoms with E-state index in [-0.39, 0.29) is 0 Å². The van der Waals surface area contributed by atoms with Gasteiger partial charge in [-0.25, -0.2) is 0 Å². The summed E-state index contributed by atoms with van der Waals surface area (Å²) in [6.45, 7) is 4.26. The van der Waals surface area contributed by atoms with E-state index in [1.807, 2.05) is 24.3 Å². The summed E-state index contributed by atoms with van der Waals surface area (Å²) in [6, 6.07) is 8.33. The van der Waals surface area contributed by atoms with Gasteiger partial charge in [0.15, 0.2) is 0 Å². The molecule has 1 fully saturated rings. The van der Waals surface area contributed by atoms with Crippen molar-refractivity contribution < 1.29 is 4.74 Å². The van der Waals surface area contributed by atoms with E-state index >= 15 is 0 Å². The molecule has 112 valence electrons. The lowest BCUT2D eigenvalue weighted by molar-refractivity contribution is 0.128. The van der Waals surface area contributed by atoms with Crippen LogP contribution in [0.15, 0.2) is 24.3 Å². The molecule has 0 saturated carbocycles. The van der Waals surface area contributed by atoms with Crippen molar-refractivity contribution in [2.24, 2.45) is 0 Å². The highest BCUT2D eigenvalue weighted by atomic mass is 16.5. The second kappa shape index (κ2) is 7.50. The van der Waals surface area contributed by atoms with Crippen molar-refractivity contribution in [1.82, 2.24) is 9.80 Å². The first-order chi connectivity index (χ1) is 9.65. The van der Waals surface area contributed by atoms with Crippen LogP contribution in [0.1, 0.15) is 19.3 Å². The molecule has 0 aliphatic carbocycles. The van der Waals surface area contributed by atoms with E-state index in [9.17, 15) is 0 Å². The van der Waals surface area contributed by atoms with Crippen LogP contribution >= 0.6 is 0 Å². The molecule has 4 heteroatoms. The Balaban J connectivity index is 1.65. The van der Waals surface area contributed by atoms with Crippen LogP contribution in [0.4, 0.5) is 5.69 Å². The highest BCUT2D eigenvalue weighted by Crippen LogP contribution is 2.15. The number of nitrogens with zero attached hydrogens (tertiary/aromatic N) is 2. The number of nitrogen functional groups attached to an aromatic ring is 1. The largest absolute Gasteiger partial charge is 0.493 e. The van der Waals surface area contributed by atoms with E-state index in [1.165, 1.54) is 25.9 Å². The summed E-state index contributed by atoms with van der Waals surface area (Å²) < 4.78 is 5.73. The van der Waals surface area contributed by atoms with Crippen molar-refractivity contribution in [3.05, 3.63) is 24.3 Å². The van der Waals surface area contributed by atoms with Gasteiger partial charge in [0.05, 0.1) is 6.61 Å².